The summed E-state index contributed by atoms with van der Waals surface area (Å²) in [6.45, 7) is 5.54. The molecule has 19 heavy (non-hydrogen) atoms. The number of hydrogen-bond donors (Lipinski definition) is 0. The Morgan fingerprint density at radius 2 is 1.47 bits per heavy atom. The quantitative estimate of drug-likeness (QED) is 0.852. The van der Waals surface area contributed by atoms with E-state index >= 15 is 0 Å². The lowest BCUT2D eigenvalue weighted by Gasteiger charge is -2.20. The van der Waals surface area contributed by atoms with Gasteiger partial charge in [-0.05, 0) is 36.5 Å². The van der Waals surface area contributed by atoms with Crippen LogP contribution in [0.1, 0.15) is 51.0 Å². The van der Waals surface area contributed by atoms with Crippen molar-refractivity contribution in [3.8, 4) is 0 Å². The summed E-state index contributed by atoms with van der Waals surface area (Å²) >= 11 is 0. The van der Waals surface area contributed by atoms with Crippen LogP contribution in [0.3, 0.4) is 0 Å². The zero-order valence-corrected chi connectivity index (χ0v) is 12.6. The van der Waals surface area contributed by atoms with E-state index in [2.05, 4.69) is 13.8 Å². The highest BCUT2D eigenvalue weighted by Crippen LogP contribution is 2.22. The predicted molar refractivity (Wildman–Crippen MR) is 77.8 cm³/mol. The Kier molecular flexibility index (Phi) is 4.63. The van der Waals surface area contributed by atoms with E-state index in [0.29, 0.717) is 23.9 Å². The topological polar surface area (TPSA) is 37.4 Å². The van der Waals surface area contributed by atoms with Crippen molar-refractivity contribution in [3.63, 3.8) is 0 Å². The largest absolute Gasteiger partial charge is 0.243 e. The van der Waals surface area contributed by atoms with E-state index < -0.39 is 10.0 Å². The molecule has 4 heteroatoms. The first-order chi connectivity index (χ1) is 9.01. The van der Waals surface area contributed by atoms with Crippen LogP contribution in [0, 0.1) is 0 Å². The average Bonchev–Trinajstić information content (AvgIpc) is 2.68. The lowest BCUT2D eigenvalue weighted by Crippen LogP contribution is -2.31. The third kappa shape index (κ3) is 3.37. The van der Waals surface area contributed by atoms with Crippen LogP contribution >= 0.6 is 0 Å². The van der Waals surface area contributed by atoms with Crippen molar-refractivity contribution >= 4 is 10.0 Å². The molecule has 1 heterocycles. The summed E-state index contributed by atoms with van der Waals surface area (Å²) in [4.78, 5) is 0.429. The Labute approximate surface area is 116 Å². The molecule has 0 unspecified atom stereocenters. The summed E-state index contributed by atoms with van der Waals surface area (Å²) in [6, 6.07) is 7.34. The highest BCUT2D eigenvalue weighted by atomic mass is 32.2. The number of hydrogen-bond acceptors (Lipinski definition) is 2. The number of sulfonamides is 1. The van der Waals surface area contributed by atoms with Gasteiger partial charge in [-0.3, -0.25) is 0 Å². The molecule has 0 saturated carbocycles. The molecule has 1 aliphatic heterocycles. The summed E-state index contributed by atoms with van der Waals surface area (Å²) in [5, 5.41) is 0. The third-order valence-corrected chi connectivity index (χ3v) is 5.66. The summed E-state index contributed by atoms with van der Waals surface area (Å²) in [6.07, 6.45) is 4.23. The highest BCUT2D eigenvalue weighted by Gasteiger charge is 2.24. The monoisotopic (exact) mass is 281 g/mol. The normalized spacial score (nSPS) is 18.5. The van der Waals surface area contributed by atoms with Gasteiger partial charge in [0, 0.05) is 13.1 Å². The van der Waals surface area contributed by atoms with Crippen LogP contribution in [0.5, 0.6) is 0 Å². The average molecular weight is 281 g/mol. The zero-order valence-electron chi connectivity index (χ0n) is 11.8. The Morgan fingerprint density at radius 3 is 1.95 bits per heavy atom. The molecule has 0 radical (unpaired) electrons. The van der Waals surface area contributed by atoms with Crippen LogP contribution in [0.4, 0.5) is 0 Å². The molecular weight excluding hydrogens is 258 g/mol. The van der Waals surface area contributed by atoms with E-state index in [1.807, 2.05) is 12.1 Å². The van der Waals surface area contributed by atoms with Gasteiger partial charge >= 0.3 is 0 Å². The summed E-state index contributed by atoms with van der Waals surface area (Å²) in [5.41, 5.74) is 1.18. The summed E-state index contributed by atoms with van der Waals surface area (Å²) in [5.74, 6) is 0.426. The van der Waals surface area contributed by atoms with Crippen molar-refractivity contribution in [2.75, 3.05) is 13.1 Å². The van der Waals surface area contributed by atoms with E-state index in [1.54, 1.807) is 16.4 Å². The van der Waals surface area contributed by atoms with Gasteiger partial charge in [0.1, 0.15) is 0 Å². The maximum Gasteiger partial charge on any atom is 0.243 e. The van der Waals surface area contributed by atoms with Crippen molar-refractivity contribution in [3.05, 3.63) is 29.8 Å². The molecule has 1 aromatic rings. The van der Waals surface area contributed by atoms with Crippen molar-refractivity contribution < 1.29 is 8.42 Å². The maximum absolute atomic E-state index is 12.5. The second-order valence-corrected chi connectivity index (χ2v) is 7.48. The van der Waals surface area contributed by atoms with E-state index in [9.17, 15) is 8.42 Å². The maximum atomic E-state index is 12.5. The molecule has 1 saturated heterocycles. The molecule has 0 atom stereocenters. The van der Waals surface area contributed by atoms with Gasteiger partial charge in [0.05, 0.1) is 4.90 Å². The van der Waals surface area contributed by atoms with Gasteiger partial charge in [0.25, 0.3) is 0 Å². The van der Waals surface area contributed by atoms with Crippen LogP contribution in [0.15, 0.2) is 29.2 Å². The van der Waals surface area contributed by atoms with Gasteiger partial charge in [-0.1, -0.05) is 38.8 Å². The van der Waals surface area contributed by atoms with Gasteiger partial charge in [-0.25, -0.2) is 8.42 Å². The van der Waals surface area contributed by atoms with Crippen molar-refractivity contribution in [2.45, 2.75) is 50.3 Å². The molecule has 0 bridgehead atoms. The SMILES string of the molecule is CC(C)c1ccc(S(=O)(=O)N2CCCCCC2)cc1. The number of nitrogens with zero attached hydrogens (tertiary/aromatic N) is 1. The van der Waals surface area contributed by atoms with Crippen LogP contribution in [0.2, 0.25) is 0 Å². The van der Waals surface area contributed by atoms with E-state index in [0.717, 1.165) is 25.7 Å². The van der Waals surface area contributed by atoms with E-state index in [1.165, 1.54) is 5.56 Å². The smallest absolute Gasteiger partial charge is 0.207 e. The fourth-order valence-electron chi connectivity index (χ4n) is 2.46. The third-order valence-electron chi connectivity index (χ3n) is 3.75. The van der Waals surface area contributed by atoms with Gasteiger partial charge in [-0.15, -0.1) is 0 Å². The molecule has 0 N–H and O–H groups in total. The van der Waals surface area contributed by atoms with Crippen LogP contribution in [-0.2, 0) is 10.0 Å². The fourth-order valence-corrected chi connectivity index (χ4v) is 3.97. The summed E-state index contributed by atoms with van der Waals surface area (Å²) < 4.78 is 26.7. The Morgan fingerprint density at radius 1 is 0.947 bits per heavy atom. The summed E-state index contributed by atoms with van der Waals surface area (Å²) in [7, 11) is -3.29. The Hall–Kier alpha value is -0.870. The van der Waals surface area contributed by atoms with Gasteiger partial charge < -0.3 is 0 Å². The molecule has 106 valence electrons. The van der Waals surface area contributed by atoms with Crippen LogP contribution < -0.4 is 0 Å². The standard InChI is InChI=1S/C15H23NO2S/c1-13(2)14-7-9-15(10-8-14)19(17,18)16-11-5-3-4-6-12-16/h7-10,13H,3-6,11-12H2,1-2H3. The van der Waals surface area contributed by atoms with Gasteiger partial charge in [0.15, 0.2) is 0 Å². The van der Waals surface area contributed by atoms with E-state index in [-0.39, 0.29) is 0 Å². The Balaban J connectivity index is 2.23. The molecule has 0 amide bonds. The zero-order chi connectivity index (χ0) is 13.9. The number of benzene rings is 1. The molecule has 2 rings (SSSR count). The minimum atomic E-state index is -3.29. The minimum absolute atomic E-state index is 0.426. The molecular formula is C15H23NO2S. The lowest BCUT2D eigenvalue weighted by atomic mass is 10.0. The first kappa shape index (κ1) is 14.5. The molecule has 1 aromatic carbocycles. The molecule has 1 fully saturated rings. The molecule has 0 aromatic heterocycles. The first-order valence-corrected chi connectivity index (χ1v) is 8.56. The first-order valence-electron chi connectivity index (χ1n) is 7.12. The predicted octanol–water partition coefficient (Wildman–Crippen LogP) is 3.37. The van der Waals surface area contributed by atoms with Gasteiger partial charge in [-0.2, -0.15) is 4.31 Å². The van der Waals surface area contributed by atoms with Crippen LogP contribution in [0.25, 0.3) is 0 Å². The minimum Gasteiger partial charge on any atom is -0.207 e. The van der Waals surface area contributed by atoms with Crippen LogP contribution in [-0.4, -0.2) is 25.8 Å². The molecule has 3 nitrogen and oxygen atoms in total. The lowest BCUT2D eigenvalue weighted by molar-refractivity contribution is 0.423. The molecule has 0 spiro atoms. The Bertz CT molecular complexity index is 497. The van der Waals surface area contributed by atoms with Crippen molar-refractivity contribution in [1.82, 2.24) is 4.31 Å². The van der Waals surface area contributed by atoms with E-state index in [4.69, 9.17) is 0 Å². The second kappa shape index (κ2) is 6.06. The molecule has 0 aliphatic carbocycles. The van der Waals surface area contributed by atoms with Crippen molar-refractivity contribution in [2.24, 2.45) is 0 Å². The van der Waals surface area contributed by atoms with Gasteiger partial charge in [0.2, 0.25) is 10.0 Å². The highest BCUT2D eigenvalue weighted by molar-refractivity contribution is 7.89. The fraction of sp³-hybridized carbons (Fsp3) is 0.600. The number of rotatable bonds is 3. The second-order valence-electron chi connectivity index (χ2n) is 5.54. The molecule has 1 aliphatic rings. The van der Waals surface area contributed by atoms with Crippen molar-refractivity contribution in [1.29, 1.82) is 0 Å².